The van der Waals surface area contributed by atoms with Gasteiger partial charge in [0.05, 0.1) is 5.69 Å². The lowest BCUT2D eigenvalue weighted by molar-refractivity contribution is 0.500. The van der Waals surface area contributed by atoms with E-state index in [4.69, 9.17) is 0 Å². The van der Waals surface area contributed by atoms with E-state index in [1.54, 1.807) is 23.0 Å². The number of hydrogen-bond acceptors (Lipinski definition) is 4. The minimum Gasteiger partial charge on any atom is -0.353 e. The molecule has 1 aliphatic heterocycles. The maximum atomic E-state index is 12.1. The largest absolute Gasteiger partial charge is 0.353 e. The fraction of sp³-hybridized carbons (Fsp3) is 0.357. The van der Waals surface area contributed by atoms with Crippen molar-refractivity contribution in [2.45, 2.75) is 32.4 Å². The second kappa shape index (κ2) is 4.84. The second-order valence-electron chi connectivity index (χ2n) is 4.73. The molecule has 3 rings (SSSR count). The molecule has 19 heavy (non-hydrogen) atoms. The molecule has 5 heteroatoms. The molecule has 2 aromatic rings. The molecule has 0 radical (unpaired) electrons. The minimum absolute atomic E-state index is 0.00105. The van der Waals surface area contributed by atoms with Crippen molar-refractivity contribution in [3.63, 3.8) is 0 Å². The summed E-state index contributed by atoms with van der Waals surface area (Å²) < 4.78 is 1.71. The molecule has 98 valence electrons. The first-order valence-electron chi connectivity index (χ1n) is 6.56. The molecule has 1 unspecified atom stereocenters. The van der Waals surface area contributed by atoms with Crippen LogP contribution in [0.4, 0.5) is 5.95 Å². The van der Waals surface area contributed by atoms with Crippen molar-refractivity contribution in [3.05, 3.63) is 40.9 Å². The summed E-state index contributed by atoms with van der Waals surface area (Å²) in [4.78, 5) is 20.7. The Labute approximate surface area is 111 Å². The first-order chi connectivity index (χ1) is 9.28. The minimum atomic E-state index is -0.00105. The quantitative estimate of drug-likeness (QED) is 0.891. The van der Waals surface area contributed by atoms with Crippen LogP contribution in [0.1, 0.15) is 19.8 Å². The van der Waals surface area contributed by atoms with Gasteiger partial charge in [-0.3, -0.25) is 14.3 Å². The molecule has 1 N–H and O–H groups in total. The van der Waals surface area contributed by atoms with Gasteiger partial charge in [-0.05, 0) is 25.0 Å². The number of rotatable bonds is 2. The highest BCUT2D eigenvalue weighted by Crippen LogP contribution is 2.20. The van der Waals surface area contributed by atoms with Gasteiger partial charge in [0.25, 0.3) is 5.56 Å². The summed E-state index contributed by atoms with van der Waals surface area (Å²) in [5.74, 6) is 0.678. The highest BCUT2D eigenvalue weighted by Gasteiger charge is 2.19. The molecule has 0 aromatic carbocycles. The molecule has 0 bridgehead atoms. The summed E-state index contributed by atoms with van der Waals surface area (Å²) in [5, 5.41) is 3.33. The van der Waals surface area contributed by atoms with Gasteiger partial charge in [0.15, 0.2) is 0 Å². The van der Waals surface area contributed by atoms with Crippen LogP contribution in [0.2, 0.25) is 0 Å². The van der Waals surface area contributed by atoms with E-state index in [1.165, 1.54) is 0 Å². The third-order valence-electron chi connectivity index (χ3n) is 3.51. The van der Waals surface area contributed by atoms with Crippen LogP contribution >= 0.6 is 0 Å². The summed E-state index contributed by atoms with van der Waals surface area (Å²) in [6.45, 7) is 2.88. The van der Waals surface area contributed by atoms with Crippen LogP contribution < -0.4 is 10.9 Å². The lowest BCUT2D eigenvalue weighted by atomic mass is 10.1. The number of pyridine rings is 1. The van der Waals surface area contributed by atoms with Gasteiger partial charge in [0.2, 0.25) is 5.95 Å². The zero-order valence-corrected chi connectivity index (χ0v) is 10.8. The summed E-state index contributed by atoms with van der Waals surface area (Å²) >= 11 is 0. The lowest BCUT2D eigenvalue weighted by Crippen LogP contribution is -2.35. The smallest absolute Gasteiger partial charge is 0.255 e. The zero-order chi connectivity index (χ0) is 13.2. The predicted molar refractivity (Wildman–Crippen MR) is 74.0 cm³/mol. The lowest BCUT2D eigenvalue weighted by Gasteiger charge is -2.26. The Morgan fingerprint density at radius 3 is 2.95 bits per heavy atom. The number of fused-ring (bicyclic) bond motifs is 1. The maximum absolute atomic E-state index is 12.1. The van der Waals surface area contributed by atoms with Crippen LogP contribution in [-0.4, -0.2) is 20.6 Å². The van der Waals surface area contributed by atoms with Crippen molar-refractivity contribution in [3.8, 4) is 11.3 Å². The standard InChI is InChI=1S/C14H16N4O/c1-2-11-5-8-18-13(19)9-12(17-14(18)16-11)10-3-6-15-7-4-10/h3-4,6-7,9,11H,2,5,8H2,1H3,(H,16,17). The Hall–Kier alpha value is -2.17. The van der Waals surface area contributed by atoms with E-state index in [-0.39, 0.29) is 5.56 Å². The van der Waals surface area contributed by atoms with E-state index in [2.05, 4.69) is 22.2 Å². The average Bonchev–Trinajstić information content (AvgIpc) is 2.47. The molecule has 0 amide bonds. The molecule has 1 atom stereocenters. The van der Waals surface area contributed by atoms with E-state index >= 15 is 0 Å². The Morgan fingerprint density at radius 2 is 2.21 bits per heavy atom. The number of anilines is 1. The van der Waals surface area contributed by atoms with E-state index in [1.807, 2.05) is 12.1 Å². The number of hydrogen-bond donors (Lipinski definition) is 1. The number of nitrogens with zero attached hydrogens (tertiary/aromatic N) is 3. The van der Waals surface area contributed by atoms with Crippen molar-refractivity contribution in [1.29, 1.82) is 0 Å². The van der Waals surface area contributed by atoms with E-state index in [9.17, 15) is 4.79 Å². The van der Waals surface area contributed by atoms with Gasteiger partial charge in [-0.1, -0.05) is 6.92 Å². The van der Waals surface area contributed by atoms with E-state index in [0.29, 0.717) is 17.7 Å². The molecule has 1 aliphatic rings. The fourth-order valence-corrected chi connectivity index (χ4v) is 2.35. The van der Waals surface area contributed by atoms with Crippen LogP contribution in [-0.2, 0) is 6.54 Å². The van der Waals surface area contributed by atoms with Crippen molar-refractivity contribution in [2.24, 2.45) is 0 Å². The third-order valence-corrected chi connectivity index (χ3v) is 3.51. The van der Waals surface area contributed by atoms with Crippen LogP contribution in [0.25, 0.3) is 11.3 Å². The van der Waals surface area contributed by atoms with Crippen molar-refractivity contribution < 1.29 is 0 Å². The molecule has 2 aromatic heterocycles. The third kappa shape index (κ3) is 2.23. The highest BCUT2D eigenvalue weighted by atomic mass is 16.1. The first-order valence-corrected chi connectivity index (χ1v) is 6.56. The number of nitrogens with one attached hydrogen (secondary N) is 1. The molecule has 0 saturated heterocycles. The summed E-state index contributed by atoms with van der Waals surface area (Å²) in [7, 11) is 0. The van der Waals surface area contributed by atoms with Crippen LogP contribution in [0.3, 0.4) is 0 Å². The van der Waals surface area contributed by atoms with Gasteiger partial charge >= 0.3 is 0 Å². The Kier molecular flexibility index (Phi) is 3.03. The molecule has 0 fully saturated rings. The Balaban J connectivity index is 2.06. The first kappa shape index (κ1) is 11.9. The Bertz CT molecular complexity index is 636. The van der Waals surface area contributed by atoms with Crippen LogP contribution in [0.5, 0.6) is 0 Å². The van der Waals surface area contributed by atoms with Gasteiger partial charge in [-0.25, -0.2) is 4.98 Å². The fourth-order valence-electron chi connectivity index (χ4n) is 2.35. The predicted octanol–water partition coefficient (Wildman–Crippen LogP) is 1.90. The van der Waals surface area contributed by atoms with E-state index < -0.39 is 0 Å². The second-order valence-corrected chi connectivity index (χ2v) is 4.73. The summed E-state index contributed by atoms with van der Waals surface area (Å²) in [5.41, 5.74) is 1.61. The maximum Gasteiger partial charge on any atom is 0.255 e. The topological polar surface area (TPSA) is 59.8 Å². The average molecular weight is 256 g/mol. The van der Waals surface area contributed by atoms with Crippen molar-refractivity contribution in [1.82, 2.24) is 14.5 Å². The molecule has 0 aliphatic carbocycles. The van der Waals surface area contributed by atoms with Crippen molar-refractivity contribution in [2.75, 3.05) is 5.32 Å². The van der Waals surface area contributed by atoms with Crippen molar-refractivity contribution >= 4 is 5.95 Å². The summed E-state index contributed by atoms with van der Waals surface area (Å²) in [6, 6.07) is 5.71. The SMILES string of the molecule is CCC1CCn2c(nc(-c3ccncc3)cc2=O)N1. The number of aromatic nitrogens is 3. The van der Waals surface area contributed by atoms with Gasteiger partial charge in [-0.15, -0.1) is 0 Å². The van der Waals surface area contributed by atoms with Gasteiger partial charge < -0.3 is 5.32 Å². The van der Waals surface area contributed by atoms with Gasteiger partial charge in [-0.2, -0.15) is 0 Å². The zero-order valence-electron chi connectivity index (χ0n) is 10.8. The normalized spacial score (nSPS) is 17.6. The Morgan fingerprint density at radius 1 is 1.42 bits per heavy atom. The van der Waals surface area contributed by atoms with Gasteiger partial charge in [0, 0.05) is 36.6 Å². The van der Waals surface area contributed by atoms with Crippen LogP contribution in [0, 0.1) is 0 Å². The molecule has 3 heterocycles. The van der Waals surface area contributed by atoms with Gasteiger partial charge in [0.1, 0.15) is 0 Å². The molecule has 0 spiro atoms. The molecule has 5 nitrogen and oxygen atoms in total. The molecule has 0 saturated carbocycles. The summed E-state index contributed by atoms with van der Waals surface area (Å²) in [6.07, 6.45) is 5.42. The van der Waals surface area contributed by atoms with E-state index in [0.717, 1.165) is 24.9 Å². The van der Waals surface area contributed by atoms with Crippen LogP contribution in [0.15, 0.2) is 35.4 Å². The highest BCUT2D eigenvalue weighted by molar-refractivity contribution is 5.59. The monoisotopic (exact) mass is 256 g/mol. The molecular weight excluding hydrogens is 240 g/mol. The molecular formula is C14H16N4O.